The fourth-order valence-corrected chi connectivity index (χ4v) is 1.40. The van der Waals surface area contributed by atoms with Gasteiger partial charge < -0.3 is 25.2 Å². The Bertz CT molecular complexity index is 492. The summed E-state index contributed by atoms with van der Waals surface area (Å²) >= 11 is 0. The average Bonchev–Trinajstić information content (AvgIpc) is 2.45. The number of rotatable bonds is 7. The molecule has 21 heavy (non-hydrogen) atoms. The van der Waals surface area contributed by atoms with Crippen molar-refractivity contribution in [2.45, 2.75) is 6.18 Å². The van der Waals surface area contributed by atoms with Crippen LogP contribution in [0.3, 0.4) is 0 Å². The van der Waals surface area contributed by atoms with Gasteiger partial charge in [-0.3, -0.25) is 0 Å². The van der Waals surface area contributed by atoms with Crippen molar-refractivity contribution in [3.05, 3.63) is 23.8 Å². The van der Waals surface area contributed by atoms with Crippen LogP contribution >= 0.6 is 0 Å². The molecule has 6 nitrogen and oxygen atoms in total. The lowest BCUT2D eigenvalue weighted by atomic mass is 10.2. The molecule has 118 valence electrons. The van der Waals surface area contributed by atoms with Crippen LogP contribution in [0.4, 0.5) is 13.2 Å². The van der Waals surface area contributed by atoms with Gasteiger partial charge >= 0.3 is 6.18 Å². The predicted molar refractivity (Wildman–Crippen MR) is 67.9 cm³/mol. The Morgan fingerprint density at radius 3 is 2.57 bits per heavy atom. The molecule has 0 atom stereocenters. The lowest BCUT2D eigenvalue weighted by Crippen LogP contribution is -2.19. The standard InChI is InChI=1S/C12H15F3N2O4/c1-19-10-6-8(11(16)17-18)2-3-9(10)21-5-4-20-7-12(13,14)15/h2-3,6,18H,4-5,7H2,1H3,(H2,16,17). The molecule has 0 bridgehead atoms. The Hall–Kier alpha value is -2.16. The zero-order valence-corrected chi connectivity index (χ0v) is 11.2. The molecule has 0 aliphatic carbocycles. The molecule has 0 heterocycles. The number of alkyl halides is 3. The molecular formula is C12H15F3N2O4. The molecule has 0 aliphatic heterocycles. The second-order valence-corrected chi connectivity index (χ2v) is 3.87. The Morgan fingerprint density at radius 1 is 1.29 bits per heavy atom. The highest BCUT2D eigenvalue weighted by molar-refractivity contribution is 5.97. The molecule has 0 spiro atoms. The summed E-state index contributed by atoms with van der Waals surface area (Å²) in [7, 11) is 1.39. The first-order chi connectivity index (χ1) is 9.87. The third-order valence-corrected chi connectivity index (χ3v) is 2.32. The molecule has 3 N–H and O–H groups in total. The Labute approximate surface area is 118 Å². The van der Waals surface area contributed by atoms with Gasteiger partial charge in [-0.15, -0.1) is 0 Å². The topological polar surface area (TPSA) is 86.3 Å². The number of hydrogen-bond acceptors (Lipinski definition) is 5. The van der Waals surface area contributed by atoms with Crippen molar-refractivity contribution in [1.29, 1.82) is 0 Å². The number of nitrogens with two attached hydrogens (primary N) is 1. The Morgan fingerprint density at radius 2 is 2.00 bits per heavy atom. The number of hydrogen-bond donors (Lipinski definition) is 2. The molecule has 0 fully saturated rings. The monoisotopic (exact) mass is 308 g/mol. The van der Waals surface area contributed by atoms with Gasteiger partial charge in [0.2, 0.25) is 0 Å². The van der Waals surface area contributed by atoms with Gasteiger partial charge in [-0.05, 0) is 18.2 Å². The molecule has 0 unspecified atom stereocenters. The zero-order valence-electron chi connectivity index (χ0n) is 11.2. The number of ether oxygens (including phenoxy) is 3. The van der Waals surface area contributed by atoms with E-state index in [1.54, 1.807) is 0 Å². The van der Waals surface area contributed by atoms with Crippen LogP contribution in [0.2, 0.25) is 0 Å². The van der Waals surface area contributed by atoms with E-state index in [4.69, 9.17) is 20.4 Å². The van der Waals surface area contributed by atoms with Gasteiger partial charge in [-0.25, -0.2) is 0 Å². The number of halogens is 3. The van der Waals surface area contributed by atoms with Crippen LogP contribution in [0.5, 0.6) is 11.5 Å². The van der Waals surface area contributed by atoms with Crippen LogP contribution < -0.4 is 15.2 Å². The summed E-state index contributed by atoms with van der Waals surface area (Å²) in [5.41, 5.74) is 5.84. The highest BCUT2D eigenvalue weighted by atomic mass is 19.4. The van der Waals surface area contributed by atoms with Crippen LogP contribution in [-0.2, 0) is 4.74 Å². The van der Waals surface area contributed by atoms with Crippen LogP contribution in [0, 0.1) is 0 Å². The largest absolute Gasteiger partial charge is 0.493 e. The van der Waals surface area contributed by atoms with Gasteiger partial charge in [-0.1, -0.05) is 5.16 Å². The summed E-state index contributed by atoms with van der Waals surface area (Å²) in [5.74, 6) is 0.505. The third-order valence-electron chi connectivity index (χ3n) is 2.32. The Kier molecular flexibility index (Phi) is 6.10. The van der Waals surface area contributed by atoms with E-state index in [0.29, 0.717) is 17.1 Å². The Balaban J connectivity index is 2.55. The molecule has 0 saturated heterocycles. The van der Waals surface area contributed by atoms with E-state index in [9.17, 15) is 13.2 Å². The van der Waals surface area contributed by atoms with Crippen molar-refractivity contribution in [2.24, 2.45) is 10.9 Å². The van der Waals surface area contributed by atoms with Crippen LogP contribution in [0.1, 0.15) is 5.56 Å². The van der Waals surface area contributed by atoms with Crippen LogP contribution in [-0.4, -0.2) is 44.1 Å². The molecule has 0 aliphatic rings. The SMILES string of the molecule is COc1cc(C(N)=NO)ccc1OCCOCC(F)(F)F. The van der Waals surface area contributed by atoms with Crippen molar-refractivity contribution >= 4 is 5.84 Å². The minimum atomic E-state index is -4.36. The van der Waals surface area contributed by atoms with Crippen molar-refractivity contribution in [3.8, 4) is 11.5 Å². The van der Waals surface area contributed by atoms with E-state index in [-0.39, 0.29) is 19.0 Å². The van der Waals surface area contributed by atoms with Gasteiger partial charge in [-0.2, -0.15) is 13.2 Å². The van der Waals surface area contributed by atoms with E-state index in [1.165, 1.54) is 25.3 Å². The number of benzene rings is 1. The first-order valence-corrected chi connectivity index (χ1v) is 5.80. The van der Waals surface area contributed by atoms with Gasteiger partial charge in [0.1, 0.15) is 13.2 Å². The van der Waals surface area contributed by atoms with Gasteiger partial charge in [0, 0.05) is 5.56 Å². The summed E-state index contributed by atoms with van der Waals surface area (Å²) in [6.45, 7) is -1.62. The average molecular weight is 308 g/mol. The molecule has 1 aromatic carbocycles. The molecular weight excluding hydrogens is 293 g/mol. The molecule has 0 radical (unpaired) electrons. The van der Waals surface area contributed by atoms with Crippen LogP contribution in [0.15, 0.2) is 23.4 Å². The maximum Gasteiger partial charge on any atom is 0.411 e. The zero-order chi connectivity index (χ0) is 15.9. The lowest BCUT2D eigenvalue weighted by molar-refractivity contribution is -0.175. The maximum absolute atomic E-state index is 11.8. The first kappa shape index (κ1) is 16.9. The number of amidine groups is 1. The summed E-state index contributed by atoms with van der Waals surface area (Å²) in [6, 6.07) is 4.49. The molecule has 0 aromatic heterocycles. The van der Waals surface area contributed by atoms with E-state index in [1.807, 2.05) is 0 Å². The third kappa shape index (κ3) is 5.78. The van der Waals surface area contributed by atoms with Crippen molar-refractivity contribution in [2.75, 3.05) is 26.9 Å². The maximum atomic E-state index is 11.8. The normalized spacial score (nSPS) is 12.3. The minimum Gasteiger partial charge on any atom is -0.493 e. The van der Waals surface area contributed by atoms with Crippen molar-refractivity contribution in [3.63, 3.8) is 0 Å². The van der Waals surface area contributed by atoms with E-state index >= 15 is 0 Å². The quantitative estimate of drug-likeness (QED) is 0.263. The van der Waals surface area contributed by atoms with E-state index < -0.39 is 12.8 Å². The van der Waals surface area contributed by atoms with Crippen molar-refractivity contribution < 1.29 is 32.6 Å². The fourth-order valence-electron chi connectivity index (χ4n) is 1.40. The minimum absolute atomic E-state index is 0.0740. The highest BCUT2D eigenvalue weighted by Crippen LogP contribution is 2.28. The number of oxime groups is 1. The first-order valence-electron chi connectivity index (χ1n) is 5.80. The van der Waals surface area contributed by atoms with Crippen molar-refractivity contribution in [1.82, 2.24) is 0 Å². The van der Waals surface area contributed by atoms with E-state index in [2.05, 4.69) is 9.89 Å². The number of methoxy groups -OCH3 is 1. The predicted octanol–water partition coefficient (Wildman–Crippen LogP) is 1.75. The van der Waals surface area contributed by atoms with Gasteiger partial charge in [0.05, 0.1) is 13.7 Å². The number of nitrogens with zero attached hydrogens (tertiary/aromatic N) is 1. The van der Waals surface area contributed by atoms with Gasteiger partial charge in [0.15, 0.2) is 17.3 Å². The molecule has 1 aromatic rings. The molecule has 1 rings (SSSR count). The molecule has 9 heteroatoms. The summed E-state index contributed by atoms with van der Waals surface area (Å²) in [4.78, 5) is 0. The van der Waals surface area contributed by atoms with Gasteiger partial charge in [0.25, 0.3) is 0 Å². The molecule has 0 saturated carbocycles. The van der Waals surface area contributed by atoms with Crippen LogP contribution in [0.25, 0.3) is 0 Å². The summed E-state index contributed by atoms with van der Waals surface area (Å²) < 4.78 is 50.3. The lowest BCUT2D eigenvalue weighted by Gasteiger charge is -2.12. The summed E-state index contributed by atoms with van der Waals surface area (Å²) in [6.07, 6.45) is -4.36. The highest BCUT2D eigenvalue weighted by Gasteiger charge is 2.27. The fraction of sp³-hybridized carbons (Fsp3) is 0.417. The van der Waals surface area contributed by atoms with E-state index in [0.717, 1.165) is 0 Å². The summed E-state index contributed by atoms with van der Waals surface area (Å²) in [5, 5.41) is 11.4. The molecule has 0 amide bonds. The second-order valence-electron chi connectivity index (χ2n) is 3.87. The smallest absolute Gasteiger partial charge is 0.411 e. The second kappa shape index (κ2) is 7.58.